The van der Waals surface area contributed by atoms with Crippen molar-refractivity contribution in [3.63, 3.8) is 0 Å². The van der Waals surface area contributed by atoms with Gasteiger partial charge in [0.2, 0.25) is 5.76 Å². The van der Waals surface area contributed by atoms with Crippen LogP contribution in [0, 0.1) is 0 Å². The first-order chi connectivity index (χ1) is 23.8. The number of carboxylic acids is 1. The van der Waals surface area contributed by atoms with Gasteiger partial charge >= 0.3 is 12.1 Å². The van der Waals surface area contributed by atoms with Gasteiger partial charge in [-0.3, -0.25) is 9.59 Å². The number of aliphatic hydroxyl groups excluding tert-OH is 1. The van der Waals surface area contributed by atoms with Crippen LogP contribution in [0.4, 0.5) is 13.2 Å². The topological polar surface area (TPSA) is 134 Å². The number of benzene rings is 3. The highest BCUT2D eigenvalue weighted by atomic mass is 32.2. The molecular formula is C38H37F3O8S. The summed E-state index contributed by atoms with van der Waals surface area (Å²) in [4.78, 5) is 36.0. The summed E-state index contributed by atoms with van der Waals surface area (Å²) in [7, 11) is 0. The summed E-state index contributed by atoms with van der Waals surface area (Å²) in [5.41, 5.74) is -0.975. The number of phenolic OH excluding ortho intramolecular Hbond substituents is 1. The zero-order valence-electron chi connectivity index (χ0n) is 27.4. The van der Waals surface area contributed by atoms with Crippen LogP contribution in [0.5, 0.6) is 11.5 Å². The second-order valence-electron chi connectivity index (χ2n) is 11.5. The van der Waals surface area contributed by atoms with E-state index in [0.29, 0.717) is 42.1 Å². The average Bonchev–Trinajstić information content (AvgIpc) is 3.07. The molecule has 12 heteroatoms. The lowest BCUT2D eigenvalue weighted by atomic mass is 9.99. The number of unbranched alkanes of at least 4 members (excludes halogenated alkanes) is 2. The number of hydrogen-bond acceptors (Lipinski definition) is 8. The molecule has 1 aromatic heterocycles. The summed E-state index contributed by atoms with van der Waals surface area (Å²) in [6.07, 6.45) is 3.97. The highest BCUT2D eigenvalue weighted by molar-refractivity contribution is 8.00. The maximum atomic E-state index is 13.8. The number of ether oxygens (including phenoxy) is 1. The van der Waals surface area contributed by atoms with E-state index < -0.39 is 40.3 Å². The Hall–Kier alpha value is -4.81. The van der Waals surface area contributed by atoms with Crippen LogP contribution >= 0.6 is 11.8 Å². The van der Waals surface area contributed by atoms with Crippen molar-refractivity contribution < 1.29 is 47.2 Å². The van der Waals surface area contributed by atoms with E-state index in [1.807, 2.05) is 13.0 Å². The Bertz CT molecular complexity index is 1950. The summed E-state index contributed by atoms with van der Waals surface area (Å²) in [5.74, 6) is -1.71. The molecule has 0 bridgehead atoms. The molecule has 264 valence electrons. The molecule has 50 heavy (non-hydrogen) atoms. The third-order valence-corrected chi connectivity index (χ3v) is 8.98. The number of aliphatic hydroxyl groups is 1. The molecule has 0 fully saturated rings. The zero-order valence-corrected chi connectivity index (χ0v) is 28.2. The van der Waals surface area contributed by atoms with E-state index in [-0.39, 0.29) is 33.6 Å². The molecule has 2 atom stereocenters. The number of carbonyl (C=O) groups is 2. The third-order valence-electron chi connectivity index (χ3n) is 7.77. The van der Waals surface area contributed by atoms with Crippen LogP contribution in [-0.4, -0.2) is 38.9 Å². The van der Waals surface area contributed by atoms with Crippen LogP contribution in [-0.2, 0) is 12.6 Å². The van der Waals surface area contributed by atoms with E-state index in [1.54, 1.807) is 36.4 Å². The van der Waals surface area contributed by atoms with Crippen molar-refractivity contribution in [3.8, 4) is 11.5 Å². The van der Waals surface area contributed by atoms with Crippen molar-refractivity contribution in [1.82, 2.24) is 0 Å². The number of aromatic carboxylic acids is 1. The number of allylic oxidation sites excluding steroid dienone is 3. The van der Waals surface area contributed by atoms with Gasteiger partial charge in [-0.15, -0.1) is 11.8 Å². The fraction of sp³-hybridized carbons (Fsp3) is 0.289. The number of thioether (sulfide) groups is 1. The number of phenols is 1. The number of rotatable bonds is 16. The van der Waals surface area contributed by atoms with Crippen molar-refractivity contribution in [3.05, 3.63) is 123 Å². The molecule has 0 unspecified atom stereocenters. The molecule has 0 amide bonds. The second-order valence-corrected chi connectivity index (χ2v) is 12.7. The minimum atomic E-state index is -4.70. The van der Waals surface area contributed by atoms with E-state index in [0.717, 1.165) is 36.7 Å². The largest absolute Gasteiger partial charge is 0.507 e. The molecule has 0 saturated carbocycles. The van der Waals surface area contributed by atoms with Gasteiger partial charge in [-0.2, -0.15) is 13.2 Å². The van der Waals surface area contributed by atoms with Crippen LogP contribution in [0.3, 0.4) is 0 Å². The summed E-state index contributed by atoms with van der Waals surface area (Å²) in [5, 5.41) is 30.3. The minimum absolute atomic E-state index is 0.0110. The minimum Gasteiger partial charge on any atom is -0.507 e. The van der Waals surface area contributed by atoms with Crippen LogP contribution in [0.2, 0.25) is 0 Å². The van der Waals surface area contributed by atoms with Gasteiger partial charge in [-0.1, -0.05) is 55.8 Å². The standard InChI is InChI=1S/C38H37F3O8S/c1-3-12-28-31(19-18-25(23(2)42)35(28)44)48-20-11-7-5-4-6-8-15-34(36(45)26-13-9-10-14-29(26)38(39,40)41)50-24-16-17-27-30(43)22-33(37(46)47)49-32(27)21-24/h4,6,8-10,13-19,21-22,34,36,44-45H,3,5,7,11-12,20H2,1-2H3,(H,46,47)/b6-4-,15-8+/t34-,36+/m0/s1. The van der Waals surface area contributed by atoms with Gasteiger partial charge < -0.3 is 24.5 Å². The molecule has 8 nitrogen and oxygen atoms in total. The molecule has 4 aromatic rings. The molecule has 1 heterocycles. The van der Waals surface area contributed by atoms with Gasteiger partial charge in [0, 0.05) is 16.5 Å². The van der Waals surface area contributed by atoms with Crippen LogP contribution in [0.15, 0.2) is 99.1 Å². The van der Waals surface area contributed by atoms with Crippen molar-refractivity contribution in [2.45, 2.75) is 68.4 Å². The number of carbonyl (C=O) groups excluding carboxylic acids is 1. The van der Waals surface area contributed by atoms with E-state index in [2.05, 4.69) is 0 Å². The Morgan fingerprint density at radius 3 is 2.50 bits per heavy atom. The summed E-state index contributed by atoms with van der Waals surface area (Å²) in [6, 6.07) is 13.3. The number of aromatic hydroxyl groups is 1. The van der Waals surface area contributed by atoms with Gasteiger partial charge in [0.15, 0.2) is 11.2 Å². The molecule has 0 spiro atoms. The second kappa shape index (κ2) is 17.2. The van der Waals surface area contributed by atoms with Gasteiger partial charge in [-0.05, 0) is 74.6 Å². The maximum absolute atomic E-state index is 13.8. The number of alkyl halides is 3. The van der Waals surface area contributed by atoms with Crippen molar-refractivity contribution in [2.75, 3.05) is 6.61 Å². The van der Waals surface area contributed by atoms with Gasteiger partial charge in [0.05, 0.1) is 34.5 Å². The number of fused-ring (bicyclic) bond motifs is 1. The van der Waals surface area contributed by atoms with Crippen LogP contribution in [0.25, 0.3) is 11.0 Å². The Kier molecular flexibility index (Phi) is 13.1. The van der Waals surface area contributed by atoms with Crippen LogP contribution in [0.1, 0.15) is 83.2 Å². The molecule has 4 rings (SSSR count). The van der Waals surface area contributed by atoms with E-state index in [4.69, 9.17) is 9.15 Å². The lowest BCUT2D eigenvalue weighted by Crippen LogP contribution is -2.18. The first-order valence-corrected chi connectivity index (χ1v) is 16.8. The summed E-state index contributed by atoms with van der Waals surface area (Å²) in [6.45, 7) is 3.76. The SMILES string of the molecule is CCCc1c(OCCCC/C=C\C=C\[C@H](Sc2ccc3c(=O)cc(C(=O)O)oc3c2)[C@H](O)c2ccccc2C(F)(F)F)ccc(C(C)=O)c1O. The Labute approximate surface area is 290 Å². The molecule has 0 aliphatic carbocycles. The Morgan fingerprint density at radius 1 is 1.04 bits per heavy atom. The number of halogens is 3. The molecule has 0 saturated heterocycles. The molecule has 3 N–H and O–H groups in total. The van der Waals surface area contributed by atoms with Crippen molar-refractivity contribution >= 4 is 34.5 Å². The van der Waals surface area contributed by atoms with E-state index in [1.165, 1.54) is 37.3 Å². The highest BCUT2D eigenvalue weighted by Crippen LogP contribution is 2.40. The maximum Gasteiger partial charge on any atom is 0.416 e. The smallest absolute Gasteiger partial charge is 0.416 e. The number of carboxylic acid groups (broad SMARTS) is 1. The zero-order chi connectivity index (χ0) is 36.4. The Balaban J connectivity index is 1.45. The molecular weight excluding hydrogens is 673 g/mol. The number of hydrogen-bond donors (Lipinski definition) is 3. The number of Topliss-reactive ketones (excluding diaryl/α,β-unsaturated/α-hetero) is 1. The molecule has 0 aliphatic heterocycles. The lowest BCUT2D eigenvalue weighted by Gasteiger charge is -2.23. The molecule has 0 radical (unpaired) electrons. The Morgan fingerprint density at radius 2 is 1.80 bits per heavy atom. The van der Waals surface area contributed by atoms with Crippen molar-refractivity contribution in [2.24, 2.45) is 0 Å². The molecule has 0 aliphatic rings. The average molecular weight is 711 g/mol. The fourth-order valence-corrected chi connectivity index (χ4v) is 6.37. The quantitative estimate of drug-likeness (QED) is 0.0451. The summed E-state index contributed by atoms with van der Waals surface area (Å²) < 4.78 is 52.8. The van der Waals surface area contributed by atoms with Gasteiger partial charge in [0.25, 0.3) is 0 Å². The predicted octanol–water partition coefficient (Wildman–Crippen LogP) is 8.93. The van der Waals surface area contributed by atoms with E-state index in [9.17, 15) is 42.9 Å². The predicted molar refractivity (Wildman–Crippen MR) is 185 cm³/mol. The first-order valence-electron chi connectivity index (χ1n) is 16.0. The lowest BCUT2D eigenvalue weighted by molar-refractivity contribution is -0.139. The van der Waals surface area contributed by atoms with Crippen molar-refractivity contribution in [1.29, 1.82) is 0 Å². The van der Waals surface area contributed by atoms with Gasteiger partial charge in [0.1, 0.15) is 17.1 Å². The highest BCUT2D eigenvalue weighted by Gasteiger charge is 2.36. The monoisotopic (exact) mass is 710 g/mol. The van der Waals surface area contributed by atoms with Crippen LogP contribution < -0.4 is 10.2 Å². The molecule has 3 aromatic carbocycles. The van der Waals surface area contributed by atoms with Gasteiger partial charge in [-0.25, -0.2) is 4.79 Å². The third kappa shape index (κ3) is 9.66. The number of ketones is 1. The fourth-order valence-electron chi connectivity index (χ4n) is 5.29. The first kappa shape index (κ1) is 38.0. The normalized spacial score (nSPS) is 13.2. The summed E-state index contributed by atoms with van der Waals surface area (Å²) >= 11 is 1.03. The van der Waals surface area contributed by atoms with E-state index >= 15 is 0 Å².